The highest BCUT2D eigenvalue weighted by Gasteiger charge is 2.26. The molecule has 10 heteroatoms. The lowest BCUT2D eigenvalue weighted by Crippen LogP contribution is -2.40. The molecule has 0 atom stereocenters. The van der Waals surface area contributed by atoms with E-state index in [0.29, 0.717) is 38.4 Å². The largest absolute Gasteiger partial charge is 0.379 e. The lowest BCUT2D eigenvalue weighted by Gasteiger charge is -2.26. The number of para-hydroxylation sites is 1. The summed E-state index contributed by atoms with van der Waals surface area (Å²) in [6, 6.07) is 16.4. The molecule has 0 aliphatic carbocycles. The molecule has 32 heavy (non-hydrogen) atoms. The van der Waals surface area contributed by atoms with E-state index in [1.165, 1.54) is 4.31 Å². The lowest BCUT2D eigenvalue weighted by atomic mass is 10.1. The van der Waals surface area contributed by atoms with Gasteiger partial charge in [0.15, 0.2) is 0 Å². The second-order valence-electron chi connectivity index (χ2n) is 7.22. The first-order chi connectivity index (χ1) is 15.4. The van der Waals surface area contributed by atoms with Crippen molar-refractivity contribution in [2.75, 3.05) is 26.3 Å². The molecule has 4 rings (SSSR count). The van der Waals surface area contributed by atoms with Gasteiger partial charge in [0.25, 0.3) is 0 Å². The summed E-state index contributed by atoms with van der Waals surface area (Å²) >= 11 is 0. The zero-order valence-electron chi connectivity index (χ0n) is 17.4. The number of sulfonamides is 1. The Labute approximate surface area is 186 Å². The predicted octanol–water partition coefficient (Wildman–Crippen LogP) is 2.07. The van der Waals surface area contributed by atoms with Gasteiger partial charge in [-0.3, -0.25) is 5.41 Å². The van der Waals surface area contributed by atoms with Crippen molar-refractivity contribution >= 4 is 22.2 Å². The Morgan fingerprint density at radius 2 is 1.81 bits per heavy atom. The van der Waals surface area contributed by atoms with E-state index in [4.69, 9.17) is 21.0 Å². The average molecular weight is 453 g/mol. The number of aliphatic imine (C=N–C) groups is 1. The van der Waals surface area contributed by atoms with Gasteiger partial charge in [-0.15, -0.1) is 0 Å². The summed E-state index contributed by atoms with van der Waals surface area (Å²) in [4.78, 5) is 4.08. The number of hydrogen-bond acceptors (Lipinski definition) is 5. The van der Waals surface area contributed by atoms with Crippen LogP contribution in [0.1, 0.15) is 5.56 Å². The van der Waals surface area contributed by atoms with Crippen LogP contribution in [-0.4, -0.2) is 61.0 Å². The van der Waals surface area contributed by atoms with E-state index >= 15 is 0 Å². The maximum absolute atomic E-state index is 12.9. The van der Waals surface area contributed by atoms with Crippen LogP contribution in [0.25, 0.3) is 16.9 Å². The van der Waals surface area contributed by atoms with Crippen LogP contribution in [0.3, 0.4) is 0 Å². The standard InChI is InChI=1S/C22H24N6O3S/c23-22(24)25-11-10-18-16-28(19-4-2-1-3-5-19)26-21(18)17-6-8-20(9-7-17)32(29,30)27-12-14-31-15-13-27/h1-9,11,16H,10,12-15H2,(H3,23,24). The maximum Gasteiger partial charge on any atom is 0.243 e. The smallest absolute Gasteiger partial charge is 0.243 e. The zero-order chi connectivity index (χ0) is 22.6. The van der Waals surface area contributed by atoms with Gasteiger partial charge in [0.1, 0.15) is 0 Å². The van der Waals surface area contributed by atoms with Gasteiger partial charge in [0.05, 0.1) is 29.5 Å². The number of hydrogen-bond donors (Lipinski definition) is 2. The fraction of sp³-hybridized carbons (Fsp3) is 0.227. The molecule has 9 nitrogen and oxygen atoms in total. The van der Waals surface area contributed by atoms with Crippen molar-refractivity contribution in [3.8, 4) is 16.9 Å². The third-order valence-electron chi connectivity index (χ3n) is 5.09. The molecular weight excluding hydrogens is 428 g/mol. The van der Waals surface area contributed by atoms with Gasteiger partial charge in [-0.25, -0.2) is 18.1 Å². The summed E-state index contributed by atoms with van der Waals surface area (Å²) in [5.74, 6) is -0.264. The highest BCUT2D eigenvalue weighted by molar-refractivity contribution is 7.89. The van der Waals surface area contributed by atoms with Crippen molar-refractivity contribution in [3.05, 3.63) is 66.4 Å². The fourth-order valence-electron chi connectivity index (χ4n) is 3.48. The minimum atomic E-state index is -3.56. The van der Waals surface area contributed by atoms with Crippen LogP contribution >= 0.6 is 0 Å². The van der Waals surface area contributed by atoms with Gasteiger partial charge in [-0.05, 0) is 24.3 Å². The molecule has 0 bridgehead atoms. The Bertz CT molecular complexity index is 1210. The first-order valence-electron chi connectivity index (χ1n) is 10.1. The third kappa shape index (κ3) is 4.77. The van der Waals surface area contributed by atoms with Crippen molar-refractivity contribution in [1.29, 1.82) is 5.41 Å². The van der Waals surface area contributed by atoms with Crippen molar-refractivity contribution < 1.29 is 13.2 Å². The van der Waals surface area contributed by atoms with E-state index in [1.807, 2.05) is 36.5 Å². The molecule has 1 aliphatic rings. The van der Waals surface area contributed by atoms with Gasteiger partial charge in [-0.2, -0.15) is 9.40 Å². The summed E-state index contributed by atoms with van der Waals surface area (Å²) < 4.78 is 34.3. The molecule has 1 aliphatic heterocycles. The maximum atomic E-state index is 12.9. The Balaban J connectivity index is 1.67. The van der Waals surface area contributed by atoms with Gasteiger partial charge in [0.2, 0.25) is 16.0 Å². The van der Waals surface area contributed by atoms with E-state index in [1.54, 1.807) is 35.2 Å². The highest BCUT2D eigenvalue weighted by Crippen LogP contribution is 2.26. The molecule has 3 aromatic rings. The Kier molecular flexibility index (Phi) is 6.45. The minimum absolute atomic E-state index is 0.241. The van der Waals surface area contributed by atoms with Crippen LogP contribution in [0.15, 0.2) is 70.7 Å². The van der Waals surface area contributed by atoms with Crippen LogP contribution < -0.4 is 5.73 Å². The van der Waals surface area contributed by atoms with Crippen LogP contribution in [-0.2, 0) is 21.2 Å². The highest BCUT2D eigenvalue weighted by atomic mass is 32.2. The molecule has 1 aromatic heterocycles. The monoisotopic (exact) mass is 452 g/mol. The topological polar surface area (TPSA) is 127 Å². The van der Waals surface area contributed by atoms with E-state index in [-0.39, 0.29) is 10.9 Å². The quantitative estimate of drug-likeness (QED) is 0.437. The fourth-order valence-corrected chi connectivity index (χ4v) is 4.89. The molecule has 1 fully saturated rings. The number of nitrogens with zero attached hydrogens (tertiary/aromatic N) is 4. The lowest BCUT2D eigenvalue weighted by molar-refractivity contribution is 0.0730. The van der Waals surface area contributed by atoms with Gasteiger partial charge < -0.3 is 10.5 Å². The molecule has 0 amide bonds. The van der Waals surface area contributed by atoms with E-state index in [0.717, 1.165) is 16.8 Å². The SMILES string of the molecule is N=C(N)N=CCc1cn(-c2ccccc2)nc1-c1ccc(S(=O)(=O)N2CCOCC2)cc1. The number of benzene rings is 2. The zero-order valence-corrected chi connectivity index (χ0v) is 18.2. The third-order valence-corrected chi connectivity index (χ3v) is 7.00. The summed E-state index contributed by atoms with van der Waals surface area (Å²) in [5.41, 5.74) is 8.58. The first kappa shape index (κ1) is 21.9. The Hall–Kier alpha value is -3.34. The second kappa shape index (κ2) is 9.43. The molecule has 166 valence electrons. The minimum Gasteiger partial charge on any atom is -0.379 e. The van der Waals surface area contributed by atoms with Crippen LogP contribution in [0.5, 0.6) is 0 Å². The number of guanidine groups is 1. The predicted molar refractivity (Wildman–Crippen MR) is 123 cm³/mol. The van der Waals surface area contributed by atoms with Gasteiger partial charge in [-0.1, -0.05) is 30.3 Å². The van der Waals surface area contributed by atoms with E-state index < -0.39 is 10.0 Å². The molecular formula is C22H24N6O3S. The van der Waals surface area contributed by atoms with Crippen molar-refractivity contribution in [1.82, 2.24) is 14.1 Å². The number of rotatable bonds is 6. The molecule has 0 radical (unpaired) electrons. The normalized spacial score (nSPS) is 15.2. The van der Waals surface area contributed by atoms with Gasteiger partial charge in [0, 0.05) is 43.0 Å². The number of aromatic nitrogens is 2. The Morgan fingerprint density at radius 1 is 1.12 bits per heavy atom. The van der Waals surface area contributed by atoms with Crippen molar-refractivity contribution in [3.63, 3.8) is 0 Å². The number of nitrogens with one attached hydrogen (secondary N) is 1. The van der Waals surface area contributed by atoms with Crippen molar-refractivity contribution in [2.45, 2.75) is 11.3 Å². The number of morpholine rings is 1. The molecule has 3 N–H and O–H groups in total. The van der Waals surface area contributed by atoms with Crippen LogP contribution in [0.2, 0.25) is 0 Å². The molecule has 0 saturated carbocycles. The van der Waals surface area contributed by atoms with Crippen molar-refractivity contribution in [2.24, 2.45) is 10.7 Å². The summed E-state index contributed by atoms with van der Waals surface area (Å²) in [6.07, 6.45) is 3.89. The van der Waals surface area contributed by atoms with E-state index in [2.05, 4.69) is 4.99 Å². The first-order valence-corrected chi connectivity index (χ1v) is 11.6. The summed E-state index contributed by atoms with van der Waals surface area (Å²) in [6.45, 7) is 1.51. The molecule has 1 saturated heterocycles. The van der Waals surface area contributed by atoms with Crippen LogP contribution in [0.4, 0.5) is 0 Å². The number of nitrogens with two attached hydrogens (primary N) is 1. The molecule has 2 heterocycles. The molecule has 0 spiro atoms. The summed E-state index contributed by atoms with van der Waals surface area (Å²) in [7, 11) is -3.56. The van der Waals surface area contributed by atoms with E-state index in [9.17, 15) is 8.42 Å². The Morgan fingerprint density at radius 3 is 2.47 bits per heavy atom. The number of ether oxygens (including phenoxy) is 1. The average Bonchev–Trinajstić information content (AvgIpc) is 3.24. The molecule has 2 aromatic carbocycles. The second-order valence-corrected chi connectivity index (χ2v) is 9.16. The van der Waals surface area contributed by atoms with Gasteiger partial charge >= 0.3 is 0 Å². The van der Waals surface area contributed by atoms with Crippen LogP contribution in [0, 0.1) is 5.41 Å². The molecule has 0 unspecified atom stereocenters. The summed E-state index contributed by atoms with van der Waals surface area (Å²) in [5, 5.41) is 12.0.